The van der Waals surface area contributed by atoms with Gasteiger partial charge in [0, 0.05) is 47.8 Å². The Morgan fingerprint density at radius 1 is 1.00 bits per heavy atom. The molecule has 4 saturated carbocycles. The van der Waals surface area contributed by atoms with Gasteiger partial charge in [-0.05, 0) is 97.7 Å². The summed E-state index contributed by atoms with van der Waals surface area (Å²) < 4.78 is 35.3. The molecule has 61 heavy (non-hydrogen) atoms. The largest absolute Gasteiger partial charge is 0.461 e. The second-order valence-electron chi connectivity index (χ2n) is 18.3. The number of alkyl halides is 1. The van der Waals surface area contributed by atoms with E-state index in [0.29, 0.717) is 60.9 Å². The second-order valence-corrected chi connectivity index (χ2v) is 18.3. The summed E-state index contributed by atoms with van der Waals surface area (Å²) in [5, 5.41) is 16.5. The van der Waals surface area contributed by atoms with Crippen LogP contribution in [0.4, 0.5) is 10.1 Å². The van der Waals surface area contributed by atoms with Crippen LogP contribution >= 0.6 is 0 Å². The van der Waals surface area contributed by atoms with E-state index in [1.54, 1.807) is 49.7 Å². The average molecular weight is 834 g/mol. The van der Waals surface area contributed by atoms with Crippen molar-refractivity contribution in [3.8, 4) is 0 Å². The van der Waals surface area contributed by atoms with Crippen LogP contribution < -0.4 is 11.1 Å². The standard InChI is InChI=1S/C48H52FN3O9/c1-27-19-39-38-14-12-32-21-34(53)15-17-45(32,2)47(38,49)40(54)22-46(39)48(27,61-46)41(55)26-60-44(58)36-6-4-3-5-35(36)43(57)59-25-28-7-9-29(10-8-28)37(23-50)42(56)52-33-13-11-31-24-51-18-16-30(31)20-33/h7-11,13,15-18,20-21,24,27,35-40,54H,3-6,12,14,19,22-23,25-26,50H2,1-2H3,(H,52,56)/t27-,35-,36-,37-,38+,39+,40+,45+,46-,47+,48+/m1/s1. The van der Waals surface area contributed by atoms with Gasteiger partial charge in [-0.15, -0.1) is 0 Å². The quantitative estimate of drug-likeness (QED) is 0.152. The number of rotatable bonds is 11. The topological polar surface area (TPSA) is 188 Å². The molecule has 6 aliphatic rings. The lowest BCUT2D eigenvalue weighted by Gasteiger charge is -2.59. The van der Waals surface area contributed by atoms with Gasteiger partial charge in [0.25, 0.3) is 0 Å². The molecule has 11 atom stereocenters. The number of carbonyl (C=O) groups excluding carboxylic acids is 5. The van der Waals surface area contributed by atoms with Crippen molar-refractivity contribution >= 4 is 45.9 Å². The molecule has 5 aliphatic carbocycles. The van der Waals surface area contributed by atoms with Crippen LogP contribution in [-0.4, -0.2) is 75.6 Å². The number of aromatic nitrogens is 1. The Bertz CT molecular complexity index is 2370. The summed E-state index contributed by atoms with van der Waals surface area (Å²) in [4.78, 5) is 70.7. The number of nitrogens with one attached hydrogen (secondary N) is 1. The first-order valence-electron chi connectivity index (χ1n) is 21.6. The molecule has 1 aromatic heterocycles. The van der Waals surface area contributed by atoms with Crippen LogP contribution in [-0.2, 0) is 44.8 Å². The number of esters is 2. The highest BCUT2D eigenvalue weighted by Crippen LogP contribution is 2.76. The van der Waals surface area contributed by atoms with Crippen LogP contribution in [0, 0.1) is 35.0 Å². The summed E-state index contributed by atoms with van der Waals surface area (Å²) in [6.07, 6.45) is 10.1. The monoisotopic (exact) mass is 833 g/mol. The number of Topliss-reactive ketones (excluding diaryl/α,β-unsaturated/α-hetero) is 1. The van der Waals surface area contributed by atoms with E-state index in [9.17, 15) is 29.1 Å². The summed E-state index contributed by atoms with van der Waals surface area (Å²) in [5.74, 6) is -5.41. The Hall–Kier alpha value is -5.11. The van der Waals surface area contributed by atoms with Gasteiger partial charge in [0.1, 0.15) is 12.2 Å². The Balaban J connectivity index is 0.802. The van der Waals surface area contributed by atoms with E-state index in [2.05, 4.69) is 10.3 Å². The minimum absolute atomic E-state index is 0.0412. The summed E-state index contributed by atoms with van der Waals surface area (Å²) in [6.45, 7) is 3.13. The average Bonchev–Trinajstić information content (AvgIpc) is 3.87. The Kier molecular flexibility index (Phi) is 10.4. The van der Waals surface area contributed by atoms with E-state index in [1.807, 2.05) is 31.2 Å². The maximum Gasteiger partial charge on any atom is 0.310 e. The Morgan fingerprint density at radius 3 is 2.48 bits per heavy atom. The van der Waals surface area contributed by atoms with Gasteiger partial charge in [0.05, 0.1) is 23.9 Å². The molecule has 9 rings (SSSR count). The van der Waals surface area contributed by atoms with Crippen LogP contribution in [0.25, 0.3) is 10.8 Å². The number of aliphatic hydroxyl groups excluding tert-OH is 1. The number of halogens is 1. The van der Waals surface area contributed by atoms with Crippen LogP contribution in [0.2, 0.25) is 0 Å². The summed E-state index contributed by atoms with van der Waals surface area (Å²) in [7, 11) is 0. The molecule has 12 nitrogen and oxygen atoms in total. The zero-order valence-corrected chi connectivity index (χ0v) is 34.4. The fourth-order valence-corrected chi connectivity index (χ4v) is 12.1. The number of ketones is 2. The molecule has 1 saturated heterocycles. The fourth-order valence-electron chi connectivity index (χ4n) is 12.1. The van der Waals surface area contributed by atoms with E-state index >= 15 is 4.39 Å². The maximum atomic E-state index is 17.5. The normalized spacial score (nSPS) is 35.1. The molecule has 2 heterocycles. The van der Waals surface area contributed by atoms with Crippen molar-refractivity contribution in [3.63, 3.8) is 0 Å². The maximum absolute atomic E-state index is 17.5. The number of aliphatic hydroxyl groups is 1. The highest BCUT2D eigenvalue weighted by molar-refractivity contribution is 6.01. The predicted molar refractivity (Wildman–Crippen MR) is 221 cm³/mol. The van der Waals surface area contributed by atoms with Crippen molar-refractivity contribution in [1.82, 2.24) is 4.98 Å². The number of carbonyl (C=O) groups is 5. The number of hydrogen-bond donors (Lipinski definition) is 3. The van der Waals surface area contributed by atoms with E-state index < -0.39 is 76.4 Å². The molecule has 1 spiro atoms. The number of epoxide rings is 1. The predicted octanol–water partition coefficient (Wildman–Crippen LogP) is 6.00. The third-order valence-corrected chi connectivity index (χ3v) is 15.3. The number of nitrogens with zero attached hydrogens (tertiary/aromatic N) is 1. The molecule has 4 N–H and O–H groups in total. The van der Waals surface area contributed by atoms with Gasteiger partial charge in [0.2, 0.25) is 11.7 Å². The van der Waals surface area contributed by atoms with Gasteiger partial charge in [0.15, 0.2) is 23.7 Å². The first-order chi connectivity index (χ1) is 29.3. The van der Waals surface area contributed by atoms with Crippen molar-refractivity contribution in [1.29, 1.82) is 0 Å². The molecule has 5 fully saturated rings. The SMILES string of the molecule is C[C@@H]1C[C@H]2[C@@H]3CCC4=CC(=O)C=C[C@]4(C)[C@@]3(F)[C@@H](O)C[C@@]23O[C@]13C(=O)COC(=O)[C@@H]1CCCC[C@H]1C(=O)OCc1ccc([C@@H](CN)C(=O)Nc2ccc3cnccc3c2)cc1. The molecule has 0 radical (unpaired) electrons. The van der Waals surface area contributed by atoms with Gasteiger partial charge in [-0.3, -0.25) is 29.0 Å². The minimum Gasteiger partial charge on any atom is -0.461 e. The number of nitrogens with two attached hydrogens (primary N) is 1. The molecular weight excluding hydrogens is 782 g/mol. The lowest BCUT2D eigenvalue weighted by atomic mass is 9.48. The van der Waals surface area contributed by atoms with E-state index in [0.717, 1.165) is 17.2 Å². The van der Waals surface area contributed by atoms with Crippen LogP contribution in [0.5, 0.6) is 0 Å². The molecule has 13 heteroatoms. The van der Waals surface area contributed by atoms with Gasteiger partial charge in [-0.25, -0.2) is 4.39 Å². The number of pyridine rings is 1. The van der Waals surface area contributed by atoms with E-state index in [-0.39, 0.29) is 43.1 Å². The molecule has 3 aromatic rings. The third kappa shape index (κ3) is 6.48. The lowest BCUT2D eigenvalue weighted by molar-refractivity contribution is -0.179. The zero-order chi connectivity index (χ0) is 42.9. The van der Waals surface area contributed by atoms with Gasteiger partial charge in [-0.1, -0.05) is 61.7 Å². The Morgan fingerprint density at radius 2 is 1.74 bits per heavy atom. The highest BCUT2D eigenvalue weighted by Gasteiger charge is 2.88. The van der Waals surface area contributed by atoms with E-state index in [4.69, 9.17) is 19.9 Å². The number of amides is 1. The number of fused-ring (bicyclic) bond motifs is 5. The van der Waals surface area contributed by atoms with Crippen LogP contribution in [0.1, 0.15) is 82.3 Å². The van der Waals surface area contributed by atoms with E-state index in [1.165, 1.54) is 12.2 Å². The second kappa shape index (κ2) is 15.4. The van der Waals surface area contributed by atoms with Crippen molar-refractivity contribution in [3.05, 3.63) is 95.9 Å². The van der Waals surface area contributed by atoms with Crippen molar-refractivity contribution in [2.24, 2.45) is 40.7 Å². The van der Waals surface area contributed by atoms with Crippen molar-refractivity contribution in [2.75, 3.05) is 18.5 Å². The summed E-state index contributed by atoms with van der Waals surface area (Å²) in [6, 6.07) is 14.6. The number of anilines is 1. The smallest absolute Gasteiger partial charge is 0.310 e. The van der Waals surface area contributed by atoms with Gasteiger partial charge < -0.3 is 30.4 Å². The van der Waals surface area contributed by atoms with Crippen LogP contribution in [0.3, 0.4) is 0 Å². The Labute approximate surface area is 353 Å². The number of hydrogen-bond acceptors (Lipinski definition) is 11. The molecule has 1 amide bonds. The van der Waals surface area contributed by atoms with Crippen LogP contribution in [0.15, 0.2) is 84.7 Å². The fraction of sp³-hybridized carbons (Fsp3) is 0.500. The molecule has 0 unspecified atom stereocenters. The van der Waals surface area contributed by atoms with Gasteiger partial charge >= 0.3 is 11.9 Å². The number of allylic oxidation sites excluding steroid dienone is 4. The van der Waals surface area contributed by atoms with Crippen molar-refractivity contribution in [2.45, 2.75) is 101 Å². The third-order valence-electron chi connectivity index (χ3n) is 15.3. The molecule has 1 aliphatic heterocycles. The summed E-state index contributed by atoms with van der Waals surface area (Å²) >= 11 is 0. The lowest BCUT2D eigenvalue weighted by Crippen LogP contribution is -2.66. The number of benzene rings is 2. The minimum atomic E-state index is -2.04. The zero-order valence-electron chi connectivity index (χ0n) is 34.4. The molecule has 320 valence electrons. The first-order valence-corrected chi connectivity index (χ1v) is 21.6. The molecule has 0 bridgehead atoms. The highest BCUT2D eigenvalue weighted by atomic mass is 19.1. The summed E-state index contributed by atoms with van der Waals surface area (Å²) in [5.41, 5.74) is 3.21. The molecule has 2 aromatic carbocycles. The van der Waals surface area contributed by atoms with Crippen molar-refractivity contribution < 1.29 is 47.7 Å². The number of ether oxygens (including phenoxy) is 3. The molecular formula is C48H52FN3O9. The first kappa shape index (κ1) is 41.3. The van der Waals surface area contributed by atoms with Gasteiger partial charge in [-0.2, -0.15) is 0 Å².